The summed E-state index contributed by atoms with van der Waals surface area (Å²) < 4.78 is 2.69. The standard InChI is InChI=1S/C68H57N3/c1-49-44-46-68(2,47-45-49)71-66-21-13-12-20-64(66)65-43-42-63(48-67(65)71)70(61-38-26-55(27-39-61)52-18-10-5-11-19-52)62-40-30-57(31-41-62)56-28-36-60(37-29-56)69(58-32-22-53(23-33-58)50-14-6-3-7-15-50)59-34-24-54(25-35-59)51-16-8-4-9-17-51/h3-12,14-20,22-44,46,48-49H,13,21,45,47H2,1-2H3. The molecule has 0 spiro atoms. The largest absolute Gasteiger partial charge is 0.335 e. The van der Waals surface area contributed by atoms with Crippen molar-refractivity contribution < 1.29 is 0 Å². The maximum absolute atomic E-state index is 2.69. The van der Waals surface area contributed by atoms with Gasteiger partial charge in [-0.1, -0.05) is 189 Å². The lowest BCUT2D eigenvalue weighted by Gasteiger charge is -2.36. The highest BCUT2D eigenvalue weighted by atomic mass is 15.2. The Morgan fingerprint density at radius 2 is 0.803 bits per heavy atom. The highest BCUT2D eigenvalue weighted by molar-refractivity contribution is 5.96. The lowest BCUT2D eigenvalue weighted by Crippen LogP contribution is -2.32. The highest BCUT2D eigenvalue weighted by Crippen LogP contribution is 2.45. The molecule has 9 aromatic carbocycles. The van der Waals surface area contributed by atoms with Crippen molar-refractivity contribution in [1.29, 1.82) is 0 Å². The molecule has 0 bridgehead atoms. The van der Waals surface area contributed by atoms with Crippen molar-refractivity contribution in [2.24, 2.45) is 5.92 Å². The molecule has 0 radical (unpaired) electrons. The fraction of sp³-hybridized carbons (Fsp3) is 0.118. The Hall–Kier alpha value is -8.40. The maximum Gasteiger partial charge on any atom is 0.0603 e. The van der Waals surface area contributed by atoms with Crippen LogP contribution in [0.25, 0.3) is 61.5 Å². The molecule has 2 unspecified atom stereocenters. The summed E-state index contributed by atoms with van der Waals surface area (Å²) in [5.74, 6) is 0.605. The number of benzene rings is 9. The minimum Gasteiger partial charge on any atom is -0.335 e. The average molecular weight is 916 g/mol. The Morgan fingerprint density at radius 3 is 1.18 bits per heavy atom. The zero-order valence-electron chi connectivity index (χ0n) is 40.5. The van der Waals surface area contributed by atoms with E-state index in [9.17, 15) is 0 Å². The van der Waals surface area contributed by atoms with Gasteiger partial charge in [0, 0.05) is 50.8 Å². The number of rotatable bonds is 11. The molecule has 0 N–H and O–H groups in total. The van der Waals surface area contributed by atoms with Crippen molar-refractivity contribution in [3.8, 4) is 44.5 Å². The van der Waals surface area contributed by atoms with E-state index in [1.807, 2.05) is 0 Å². The molecule has 0 saturated heterocycles. The second kappa shape index (κ2) is 18.8. The number of fused-ring (bicyclic) bond motifs is 3. The van der Waals surface area contributed by atoms with Gasteiger partial charge in [-0.05, 0) is 156 Å². The lowest BCUT2D eigenvalue weighted by molar-refractivity contribution is 0.331. The van der Waals surface area contributed by atoms with Crippen molar-refractivity contribution in [3.05, 3.63) is 260 Å². The van der Waals surface area contributed by atoms with E-state index in [2.05, 4.69) is 283 Å². The first-order valence-corrected chi connectivity index (χ1v) is 25.3. The van der Waals surface area contributed by atoms with E-state index in [1.165, 1.54) is 73.1 Å². The Morgan fingerprint density at radius 1 is 0.437 bits per heavy atom. The molecule has 3 nitrogen and oxygen atoms in total. The molecule has 1 heterocycles. The third-order valence-corrected chi connectivity index (χ3v) is 14.9. The number of hydrogen-bond acceptors (Lipinski definition) is 2. The van der Waals surface area contributed by atoms with Crippen LogP contribution in [0.15, 0.2) is 249 Å². The normalized spacial score (nSPS) is 16.2. The third kappa shape index (κ3) is 8.59. The van der Waals surface area contributed by atoms with Gasteiger partial charge in [0.1, 0.15) is 0 Å². The summed E-state index contributed by atoms with van der Waals surface area (Å²) in [4.78, 5) is 4.78. The van der Waals surface area contributed by atoms with E-state index in [0.29, 0.717) is 5.92 Å². The SMILES string of the molecule is CC1C=CC(C)(n2c3c(c4ccc(N(c5ccc(-c6ccccc6)cc5)c5ccc(-c6ccc(N(c7ccc(-c8ccccc8)cc7)c7ccc(-c8ccccc8)cc7)cc6)cc5)cc42)C=CCC3)CC1. The summed E-state index contributed by atoms with van der Waals surface area (Å²) in [6, 6.07) is 84.0. The van der Waals surface area contributed by atoms with Gasteiger partial charge < -0.3 is 14.4 Å². The van der Waals surface area contributed by atoms with Crippen molar-refractivity contribution in [2.45, 2.75) is 45.1 Å². The van der Waals surface area contributed by atoms with Crippen LogP contribution >= 0.6 is 0 Å². The van der Waals surface area contributed by atoms with E-state index in [0.717, 1.165) is 53.4 Å². The van der Waals surface area contributed by atoms with Crippen LogP contribution in [-0.2, 0) is 12.0 Å². The minimum absolute atomic E-state index is 0.0848. The first kappa shape index (κ1) is 43.9. The monoisotopic (exact) mass is 915 g/mol. The average Bonchev–Trinajstić information content (AvgIpc) is 3.78. The number of aromatic nitrogens is 1. The molecule has 2 aliphatic rings. The van der Waals surface area contributed by atoms with E-state index in [-0.39, 0.29) is 5.54 Å². The molecule has 0 saturated carbocycles. The molecule has 3 heteroatoms. The second-order valence-electron chi connectivity index (χ2n) is 19.6. The summed E-state index contributed by atoms with van der Waals surface area (Å²) in [5, 5.41) is 1.33. The van der Waals surface area contributed by atoms with E-state index >= 15 is 0 Å². The van der Waals surface area contributed by atoms with E-state index < -0.39 is 0 Å². The van der Waals surface area contributed by atoms with Crippen LogP contribution in [0.5, 0.6) is 0 Å². The Balaban J connectivity index is 0.903. The van der Waals surface area contributed by atoms with Crippen molar-refractivity contribution in [1.82, 2.24) is 4.57 Å². The molecule has 2 atom stereocenters. The van der Waals surface area contributed by atoms with Crippen molar-refractivity contribution in [3.63, 3.8) is 0 Å². The van der Waals surface area contributed by atoms with Crippen LogP contribution in [0, 0.1) is 5.92 Å². The van der Waals surface area contributed by atoms with Gasteiger partial charge in [0.05, 0.1) is 11.1 Å². The second-order valence-corrected chi connectivity index (χ2v) is 19.6. The van der Waals surface area contributed by atoms with E-state index in [1.54, 1.807) is 0 Å². The summed E-state index contributed by atoms with van der Waals surface area (Å²) >= 11 is 0. The van der Waals surface area contributed by atoms with Crippen LogP contribution in [0.1, 0.15) is 44.4 Å². The maximum atomic E-state index is 2.69. The molecular weight excluding hydrogens is 859 g/mol. The first-order chi connectivity index (χ1) is 35.0. The third-order valence-electron chi connectivity index (χ3n) is 14.9. The van der Waals surface area contributed by atoms with Gasteiger partial charge in [-0.25, -0.2) is 0 Å². The van der Waals surface area contributed by atoms with Crippen LogP contribution in [-0.4, -0.2) is 4.57 Å². The Kier molecular flexibility index (Phi) is 11.6. The van der Waals surface area contributed by atoms with E-state index in [4.69, 9.17) is 0 Å². The molecule has 344 valence electrons. The molecule has 12 rings (SSSR count). The predicted molar refractivity (Wildman–Crippen MR) is 302 cm³/mol. The number of nitrogens with zero attached hydrogens (tertiary/aromatic N) is 3. The van der Waals surface area contributed by atoms with Crippen LogP contribution < -0.4 is 9.80 Å². The summed E-state index contributed by atoms with van der Waals surface area (Å²) in [5.41, 5.74) is 20.3. The molecule has 71 heavy (non-hydrogen) atoms. The number of anilines is 6. The van der Waals surface area contributed by atoms with Gasteiger partial charge in [0.15, 0.2) is 0 Å². The van der Waals surface area contributed by atoms with Crippen molar-refractivity contribution >= 4 is 51.1 Å². The molecule has 10 aromatic rings. The fourth-order valence-corrected chi connectivity index (χ4v) is 11.0. The van der Waals surface area contributed by atoms with Gasteiger partial charge in [0.2, 0.25) is 0 Å². The van der Waals surface area contributed by atoms with Gasteiger partial charge >= 0.3 is 0 Å². The van der Waals surface area contributed by atoms with Crippen LogP contribution in [0.3, 0.4) is 0 Å². The topological polar surface area (TPSA) is 11.4 Å². The lowest BCUT2D eigenvalue weighted by atomic mass is 9.84. The molecule has 0 aliphatic heterocycles. The number of allylic oxidation sites excluding steroid dienone is 3. The Bertz CT molecular complexity index is 3410. The molecule has 2 aliphatic carbocycles. The first-order valence-electron chi connectivity index (χ1n) is 25.3. The predicted octanol–water partition coefficient (Wildman–Crippen LogP) is 18.9. The van der Waals surface area contributed by atoms with Crippen molar-refractivity contribution in [2.75, 3.05) is 9.80 Å². The van der Waals surface area contributed by atoms with Gasteiger partial charge in [-0.2, -0.15) is 0 Å². The van der Waals surface area contributed by atoms with Crippen LogP contribution in [0.2, 0.25) is 0 Å². The van der Waals surface area contributed by atoms with Gasteiger partial charge in [0.25, 0.3) is 0 Å². The molecule has 0 amide bonds. The molecule has 1 aromatic heterocycles. The van der Waals surface area contributed by atoms with Gasteiger partial charge in [-0.15, -0.1) is 0 Å². The fourth-order valence-electron chi connectivity index (χ4n) is 11.0. The highest BCUT2D eigenvalue weighted by Gasteiger charge is 2.33. The summed E-state index contributed by atoms with van der Waals surface area (Å²) in [7, 11) is 0. The minimum atomic E-state index is -0.0848. The molecule has 0 fully saturated rings. The summed E-state index contributed by atoms with van der Waals surface area (Å²) in [6.07, 6.45) is 14.1. The molecular formula is C68H57N3. The Labute approximate surface area is 418 Å². The quantitative estimate of drug-likeness (QED) is 0.120. The zero-order chi connectivity index (χ0) is 47.7. The van der Waals surface area contributed by atoms with Crippen LogP contribution in [0.4, 0.5) is 34.1 Å². The summed E-state index contributed by atoms with van der Waals surface area (Å²) in [6.45, 7) is 4.78. The zero-order valence-corrected chi connectivity index (χ0v) is 40.5. The van der Waals surface area contributed by atoms with Gasteiger partial charge in [-0.3, -0.25) is 0 Å². The number of hydrogen-bond donors (Lipinski definition) is 0. The smallest absolute Gasteiger partial charge is 0.0603 e.